The molecule has 1 N–H and O–H groups in total. The minimum atomic E-state index is -0.0395. The molecule has 0 spiro atoms. The summed E-state index contributed by atoms with van der Waals surface area (Å²) in [4.78, 5) is 21.8. The number of aryl methyl sites for hydroxylation is 1. The van der Waals surface area contributed by atoms with Crippen LogP contribution in [0, 0.1) is 0 Å². The maximum Gasteiger partial charge on any atom is 0.270 e. The predicted molar refractivity (Wildman–Crippen MR) is 95.5 cm³/mol. The van der Waals surface area contributed by atoms with E-state index in [9.17, 15) is 4.79 Å². The zero-order valence-corrected chi connectivity index (χ0v) is 14.1. The second-order valence-electron chi connectivity index (χ2n) is 7.24. The molecule has 1 aromatic carbocycles. The quantitative estimate of drug-likeness (QED) is 0.798. The van der Waals surface area contributed by atoms with Gasteiger partial charge < -0.3 is 9.88 Å². The molecule has 2 aromatic heterocycles. The Bertz CT molecular complexity index is 973. The first-order valence-corrected chi connectivity index (χ1v) is 8.87. The molecular formula is C20H20N4O. The molecule has 0 aliphatic heterocycles. The average molecular weight is 332 g/mol. The number of pyridine rings is 1. The van der Waals surface area contributed by atoms with Gasteiger partial charge in [0.15, 0.2) is 0 Å². The van der Waals surface area contributed by atoms with Crippen LogP contribution in [0.4, 0.5) is 0 Å². The van der Waals surface area contributed by atoms with Crippen molar-refractivity contribution in [3.8, 4) is 0 Å². The van der Waals surface area contributed by atoms with Crippen molar-refractivity contribution in [1.29, 1.82) is 0 Å². The van der Waals surface area contributed by atoms with Gasteiger partial charge in [-0.15, -0.1) is 0 Å². The van der Waals surface area contributed by atoms with Crippen molar-refractivity contribution in [2.45, 2.75) is 37.1 Å². The number of nitrogens with zero attached hydrogens (tertiary/aromatic N) is 3. The van der Waals surface area contributed by atoms with Crippen molar-refractivity contribution in [1.82, 2.24) is 19.9 Å². The lowest BCUT2D eigenvalue weighted by Gasteiger charge is -2.11. The number of hydrogen-bond donors (Lipinski definition) is 1. The Morgan fingerprint density at radius 3 is 2.88 bits per heavy atom. The Balaban J connectivity index is 1.42. The molecule has 0 saturated heterocycles. The van der Waals surface area contributed by atoms with Gasteiger partial charge in [-0.3, -0.25) is 4.79 Å². The highest BCUT2D eigenvalue weighted by Gasteiger charge is 2.42. The molecule has 126 valence electrons. The summed E-state index contributed by atoms with van der Waals surface area (Å²) in [6.07, 6.45) is 6.98. The summed E-state index contributed by atoms with van der Waals surface area (Å²) in [5.41, 5.74) is 3.78. The third-order valence-corrected chi connectivity index (χ3v) is 5.33. The van der Waals surface area contributed by atoms with Gasteiger partial charge in [-0.25, -0.2) is 9.97 Å². The lowest BCUT2D eigenvalue weighted by molar-refractivity contribution is 0.0944. The molecule has 2 aliphatic rings. The smallest absolute Gasteiger partial charge is 0.270 e. The molecule has 0 unspecified atom stereocenters. The van der Waals surface area contributed by atoms with Crippen LogP contribution < -0.4 is 5.32 Å². The number of nitrogens with one attached hydrogen (secondary N) is 1. The van der Waals surface area contributed by atoms with Crippen molar-refractivity contribution >= 4 is 16.8 Å². The van der Waals surface area contributed by atoms with Crippen molar-refractivity contribution in [3.63, 3.8) is 0 Å². The van der Waals surface area contributed by atoms with Gasteiger partial charge in [-0.2, -0.15) is 0 Å². The van der Waals surface area contributed by atoms with Gasteiger partial charge in [0.1, 0.15) is 5.69 Å². The first-order chi connectivity index (χ1) is 12.2. The van der Waals surface area contributed by atoms with Gasteiger partial charge in [-0.1, -0.05) is 18.2 Å². The van der Waals surface area contributed by atoms with Crippen molar-refractivity contribution in [2.24, 2.45) is 7.05 Å². The van der Waals surface area contributed by atoms with Crippen LogP contribution in [0.1, 0.15) is 52.8 Å². The maximum atomic E-state index is 12.9. The summed E-state index contributed by atoms with van der Waals surface area (Å²) in [5, 5.41) is 4.29. The highest BCUT2D eigenvalue weighted by Crippen LogP contribution is 2.43. The van der Waals surface area contributed by atoms with Crippen LogP contribution in [0.2, 0.25) is 0 Å². The summed E-state index contributed by atoms with van der Waals surface area (Å²) >= 11 is 0. The second kappa shape index (κ2) is 5.41. The third-order valence-electron chi connectivity index (χ3n) is 5.33. The van der Waals surface area contributed by atoms with Crippen LogP contribution in [0.5, 0.6) is 0 Å². The van der Waals surface area contributed by atoms with Gasteiger partial charge in [0.2, 0.25) is 0 Å². The van der Waals surface area contributed by atoms with Crippen molar-refractivity contribution in [3.05, 3.63) is 59.8 Å². The van der Waals surface area contributed by atoms with Gasteiger partial charge in [0.25, 0.3) is 5.91 Å². The average Bonchev–Trinajstić information content (AvgIpc) is 3.54. The summed E-state index contributed by atoms with van der Waals surface area (Å²) in [6.45, 7) is 0. The molecule has 2 atom stereocenters. The van der Waals surface area contributed by atoms with Crippen molar-refractivity contribution in [2.75, 3.05) is 0 Å². The van der Waals surface area contributed by atoms with E-state index >= 15 is 0 Å². The predicted octanol–water partition coefficient (Wildman–Crippen LogP) is 3.13. The first-order valence-electron chi connectivity index (χ1n) is 8.87. The molecule has 5 nitrogen and oxygen atoms in total. The van der Waals surface area contributed by atoms with Crippen LogP contribution in [0.15, 0.2) is 42.9 Å². The van der Waals surface area contributed by atoms with Crippen LogP contribution in [-0.2, 0) is 7.05 Å². The van der Waals surface area contributed by atoms with Crippen LogP contribution >= 0.6 is 0 Å². The number of carbonyl (C=O) groups is 1. The van der Waals surface area contributed by atoms with E-state index in [1.807, 2.05) is 42.3 Å². The molecule has 25 heavy (non-hydrogen) atoms. The lowest BCUT2D eigenvalue weighted by atomic mass is 10.0. The number of para-hydroxylation sites is 1. The van der Waals surface area contributed by atoms with E-state index < -0.39 is 0 Å². The van der Waals surface area contributed by atoms with E-state index in [-0.39, 0.29) is 11.9 Å². The Morgan fingerprint density at radius 2 is 2.12 bits per heavy atom. The molecule has 2 fully saturated rings. The Labute approximate surface area is 146 Å². The number of benzene rings is 1. The van der Waals surface area contributed by atoms with Gasteiger partial charge in [-0.05, 0) is 42.9 Å². The molecule has 0 radical (unpaired) electrons. The number of hydrogen-bond acceptors (Lipinski definition) is 3. The Kier molecular flexibility index (Phi) is 3.17. The molecule has 2 aliphatic carbocycles. The van der Waals surface area contributed by atoms with E-state index in [1.165, 1.54) is 5.69 Å². The minimum absolute atomic E-state index is 0.0395. The van der Waals surface area contributed by atoms with Gasteiger partial charge in [0, 0.05) is 36.3 Å². The second-order valence-corrected chi connectivity index (χ2v) is 7.24. The monoisotopic (exact) mass is 332 g/mol. The van der Waals surface area contributed by atoms with E-state index in [0.29, 0.717) is 17.5 Å². The molecule has 1 amide bonds. The number of rotatable bonds is 4. The molecule has 0 bridgehead atoms. The summed E-state index contributed by atoms with van der Waals surface area (Å²) < 4.78 is 2.03. The number of amides is 1. The fourth-order valence-corrected chi connectivity index (χ4v) is 3.66. The SMILES string of the molecule is Cn1cncc1[C@@H]1C[C@H]1NC(=O)c1nc2ccccc2cc1C1CC1. The summed E-state index contributed by atoms with van der Waals surface area (Å²) in [7, 11) is 2.00. The maximum absolute atomic E-state index is 12.9. The lowest BCUT2D eigenvalue weighted by Crippen LogP contribution is -2.28. The highest BCUT2D eigenvalue weighted by molar-refractivity contribution is 5.97. The Hall–Kier alpha value is -2.69. The summed E-state index contributed by atoms with van der Waals surface area (Å²) in [5.74, 6) is 0.813. The zero-order valence-electron chi connectivity index (χ0n) is 14.1. The normalized spacial score (nSPS) is 22.1. The van der Waals surface area contributed by atoms with E-state index in [1.54, 1.807) is 0 Å². The standard InChI is InChI=1S/C20H20N4O/c1-24-11-21-10-18(24)15-9-17(15)23-20(25)19-14(12-6-7-12)8-13-4-2-3-5-16(13)22-19/h2-5,8,10-12,15,17H,6-7,9H2,1H3,(H,23,25)/t15-,17-/m1/s1. The largest absolute Gasteiger partial charge is 0.347 e. The first kappa shape index (κ1) is 14.6. The zero-order chi connectivity index (χ0) is 17.0. The molecule has 5 rings (SSSR count). The van der Waals surface area contributed by atoms with E-state index in [2.05, 4.69) is 22.4 Å². The topological polar surface area (TPSA) is 59.8 Å². The van der Waals surface area contributed by atoms with Crippen LogP contribution in [0.3, 0.4) is 0 Å². The molecule has 3 aromatic rings. The van der Waals surface area contributed by atoms with Crippen LogP contribution in [0.25, 0.3) is 10.9 Å². The number of imidazole rings is 1. The Morgan fingerprint density at radius 1 is 1.28 bits per heavy atom. The molecule has 5 heteroatoms. The molecule has 2 saturated carbocycles. The molecule has 2 heterocycles. The third kappa shape index (κ3) is 2.60. The van der Waals surface area contributed by atoms with Gasteiger partial charge in [0.05, 0.1) is 11.8 Å². The summed E-state index contributed by atoms with van der Waals surface area (Å²) in [6, 6.07) is 10.4. The minimum Gasteiger partial charge on any atom is -0.347 e. The van der Waals surface area contributed by atoms with Crippen LogP contribution in [-0.4, -0.2) is 26.5 Å². The molecular weight excluding hydrogens is 312 g/mol. The number of fused-ring (bicyclic) bond motifs is 1. The van der Waals surface area contributed by atoms with Crippen molar-refractivity contribution < 1.29 is 4.79 Å². The fourth-order valence-electron chi connectivity index (χ4n) is 3.66. The van der Waals surface area contributed by atoms with E-state index in [0.717, 1.165) is 35.7 Å². The van der Waals surface area contributed by atoms with E-state index in [4.69, 9.17) is 4.98 Å². The van der Waals surface area contributed by atoms with Gasteiger partial charge >= 0.3 is 0 Å². The highest BCUT2D eigenvalue weighted by atomic mass is 16.2. The number of carbonyl (C=O) groups excluding carboxylic acids is 1. The fraction of sp³-hybridized carbons (Fsp3) is 0.350. The number of aromatic nitrogens is 3.